The summed E-state index contributed by atoms with van der Waals surface area (Å²) in [5, 5.41) is 6.33. The molecule has 0 amide bonds. The zero-order valence-corrected chi connectivity index (χ0v) is 11.7. The third kappa shape index (κ3) is 2.84. The molecule has 2 rings (SSSR count). The molecule has 0 aliphatic carbocycles. The minimum atomic E-state index is -4.41. The van der Waals surface area contributed by atoms with Crippen molar-refractivity contribution in [2.24, 2.45) is 0 Å². The van der Waals surface area contributed by atoms with E-state index in [0.717, 1.165) is 12.1 Å². The summed E-state index contributed by atoms with van der Waals surface area (Å²) in [5.74, 6) is -0.605. The van der Waals surface area contributed by atoms with Crippen LogP contribution in [-0.2, 0) is 10.9 Å². The van der Waals surface area contributed by atoms with Crippen molar-refractivity contribution < 1.29 is 22.7 Å². The molecule has 8 heteroatoms. The summed E-state index contributed by atoms with van der Waals surface area (Å²) >= 11 is 3.07. The Kier molecular flexibility index (Phi) is 3.85. The largest absolute Gasteiger partial charge is 0.464 e. The Balaban J connectivity index is 2.39. The molecule has 0 aliphatic heterocycles. The zero-order chi connectivity index (χ0) is 14.9. The summed E-state index contributed by atoms with van der Waals surface area (Å²) in [7, 11) is 1.22. The number of benzene rings is 1. The molecule has 0 saturated heterocycles. The van der Waals surface area contributed by atoms with Crippen molar-refractivity contribution in [2.75, 3.05) is 7.11 Å². The van der Waals surface area contributed by atoms with Crippen LogP contribution in [0.1, 0.15) is 16.1 Å². The van der Waals surface area contributed by atoms with Crippen molar-refractivity contribution in [3.63, 3.8) is 0 Å². The van der Waals surface area contributed by atoms with Gasteiger partial charge in [0.2, 0.25) is 0 Å². The van der Waals surface area contributed by atoms with E-state index >= 15 is 0 Å². The van der Waals surface area contributed by atoms with Crippen LogP contribution in [0.2, 0.25) is 0 Å². The number of esters is 1. The van der Waals surface area contributed by atoms with Gasteiger partial charge in [0.1, 0.15) is 5.69 Å². The van der Waals surface area contributed by atoms with E-state index in [1.807, 2.05) is 0 Å². The van der Waals surface area contributed by atoms with Gasteiger partial charge in [0.25, 0.3) is 0 Å². The second-order valence-electron chi connectivity index (χ2n) is 3.85. The molecule has 1 N–H and O–H groups in total. The summed E-state index contributed by atoms with van der Waals surface area (Å²) in [6, 6.07) is 4.59. The fraction of sp³-hybridized carbons (Fsp3) is 0.167. The van der Waals surface area contributed by atoms with Gasteiger partial charge in [-0.15, -0.1) is 0 Å². The zero-order valence-electron chi connectivity index (χ0n) is 10.1. The summed E-state index contributed by atoms with van der Waals surface area (Å²) < 4.78 is 42.4. The fourth-order valence-electron chi connectivity index (χ4n) is 1.57. The summed E-state index contributed by atoms with van der Waals surface area (Å²) in [5.41, 5.74) is 0.126. The molecule has 0 spiro atoms. The Morgan fingerprint density at radius 2 is 2.05 bits per heavy atom. The lowest BCUT2D eigenvalue weighted by molar-refractivity contribution is -0.137. The maximum Gasteiger partial charge on any atom is 0.416 e. The van der Waals surface area contributed by atoms with E-state index in [0.29, 0.717) is 11.3 Å². The molecule has 20 heavy (non-hydrogen) atoms. The van der Waals surface area contributed by atoms with Crippen LogP contribution < -0.4 is 0 Å². The standard InChI is InChI=1S/C12H8BrF3N2O2/c1-20-11(19)10-5-9(17-18-10)7-3-2-6(4-8(7)13)12(14,15)16/h2-5H,1H3,(H,17,18). The van der Waals surface area contributed by atoms with Crippen LogP contribution in [0, 0.1) is 0 Å². The number of aromatic amines is 1. The first-order valence-corrected chi connectivity index (χ1v) is 6.13. The van der Waals surface area contributed by atoms with Gasteiger partial charge in [0.05, 0.1) is 18.4 Å². The number of hydrogen-bond acceptors (Lipinski definition) is 3. The van der Waals surface area contributed by atoms with Crippen molar-refractivity contribution in [3.05, 3.63) is 40.0 Å². The van der Waals surface area contributed by atoms with Crippen LogP contribution in [0.15, 0.2) is 28.7 Å². The number of rotatable bonds is 2. The lowest BCUT2D eigenvalue weighted by atomic mass is 10.1. The molecule has 1 aromatic carbocycles. The Morgan fingerprint density at radius 1 is 1.35 bits per heavy atom. The predicted octanol–water partition coefficient (Wildman–Crippen LogP) is 3.64. The van der Waals surface area contributed by atoms with Gasteiger partial charge in [-0.05, 0) is 18.2 Å². The molecule has 4 nitrogen and oxygen atoms in total. The molecule has 0 atom stereocenters. The van der Waals surface area contributed by atoms with Gasteiger partial charge >= 0.3 is 12.1 Å². The molecule has 0 radical (unpaired) electrons. The minimum absolute atomic E-state index is 0.120. The number of nitrogens with one attached hydrogen (secondary N) is 1. The minimum Gasteiger partial charge on any atom is -0.464 e. The number of carbonyl (C=O) groups is 1. The highest BCUT2D eigenvalue weighted by Gasteiger charge is 2.31. The number of nitrogens with zero attached hydrogens (tertiary/aromatic N) is 1. The van der Waals surface area contributed by atoms with Gasteiger partial charge in [0, 0.05) is 10.0 Å². The average Bonchev–Trinajstić information content (AvgIpc) is 2.86. The van der Waals surface area contributed by atoms with Crippen molar-refractivity contribution in [1.82, 2.24) is 10.2 Å². The van der Waals surface area contributed by atoms with E-state index in [1.165, 1.54) is 19.2 Å². The third-order valence-corrected chi connectivity index (χ3v) is 3.21. The smallest absolute Gasteiger partial charge is 0.416 e. The number of carbonyl (C=O) groups excluding carboxylic acids is 1. The maximum atomic E-state index is 12.6. The van der Waals surface area contributed by atoms with E-state index in [4.69, 9.17) is 0 Å². The molecule has 0 bridgehead atoms. The molecule has 1 heterocycles. The third-order valence-electron chi connectivity index (χ3n) is 2.56. The van der Waals surface area contributed by atoms with Gasteiger partial charge < -0.3 is 4.74 Å². The SMILES string of the molecule is COC(=O)c1cc(-c2ccc(C(F)(F)F)cc2Br)n[nH]1. The number of alkyl halides is 3. The van der Waals surface area contributed by atoms with Crippen LogP contribution in [0.4, 0.5) is 13.2 Å². The lowest BCUT2D eigenvalue weighted by Gasteiger charge is -2.08. The summed E-state index contributed by atoms with van der Waals surface area (Å²) in [6.45, 7) is 0. The van der Waals surface area contributed by atoms with Crippen LogP contribution in [0.25, 0.3) is 11.3 Å². The highest BCUT2D eigenvalue weighted by molar-refractivity contribution is 9.10. The van der Waals surface area contributed by atoms with Crippen molar-refractivity contribution in [1.29, 1.82) is 0 Å². The Hall–Kier alpha value is -1.83. The van der Waals surface area contributed by atoms with Gasteiger partial charge in [-0.2, -0.15) is 18.3 Å². The van der Waals surface area contributed by atoms with Crippen molar-refractivity contribution in [3.8, 4) is 11.3 Å². The van der Waals surface area contributed by atoms with E-state index in [1.54, 1.807) is 0 Å². The maximum absolute atomic E-state index is 12.6. The van der Waals surface area contributed by atoms with E-state index in [-0.39, 0.29) is 10.2 Å². The molecular formula is C12H8BrF3N2O2. The van der Waals surface area contributed by atoms with Crippen LogP contribution in [0.3, 0.4) is 0 Å². The highest BCUT2D eigenvalue weighted by Crippen LogP contribution is 2.35. The lowest BCUT2D eigenvalue weighted by Crippen LogP contribution is -2.04. The van der Waals surface area contributed by atoms with Crippen LogP contribution in [0.5, 0.6) is 0 Å². The van der Waals surface area contributed by atoms with Crippen molar-refractivity contribution in [2.45, 2.75) is 6.18 Å². The van der Waals surface area contributed by atoms with Crippen LogP contribution >= 0.6 is 15.9 Å². The average molecular weight is 349 g/mol. The number of aromatic nitrogens is 2. The second-order valence-corrected chi connectivity index (χ2v) is 4.71. The van der Waals surface area contributed by atoms with Gasteiger partial charge in [-0.3, -0.25) is 5.10 Å². The van der Waals surface area contributed by atoms with E-state index in [2.05, 4.69) is 30.9 Å². The van der Waals surface area contributed by atoms with Gasteiger partial charge in [0.15, 0.2) is 0 Å². The molecule has 0 saturated carbocycles. The molecule has 2 aromatic rings. The number of methoxy groups -OCH3 is 1. The van der Waals surface area contributed by atoms with Gasteiger partial charge in [-0.1, -0.05) is 22.0 Å². The number of hydrogen-bond donors (Lipinski definition) is 1. The Labute approximate surface area is 120 Å². The molecular weight excluding hydrogens is 341 g/mol. The summed E-state index contributed by atoms with van der Waals surface area (Å²) in [6.07, 6.45) is -4.41. The second kappa shape index (κ2) is 5.28. The topological polar surface area (TPSA) is 55.0 Å². The summed E-state index contributed by atoms with van der Waals surface area (Å²) in [4.78, 5) is 11.3. The molecule has 0 fully saturated rings. The first-order chi connectivity index (χ1) is 9.32. The Morgan fingerprint density at radius 3 is 2.60 bits per heavy atom. The highest BCUT2D eigenvalue weighted by atomic mass is 79.9. The Bertz CT molecular complexity index is 652. The first-order valence-electron chi connectivity index (χ1n) is 5.34. The van der Waals surface area contributed by atoms with E-state index in [9.17, 15) is 18.0 Å². The van der Waals surface area contributed by atoms with Crippen molar-refractivity contribution >= 4 is 21.9 Å². The van der Waals surface area contributed by atoms with Gasteiger partial charge in [-0.25, -0.2) is 4.79 Å². The van der Waals surface area contributed by atoms with Crippen LogP contribution in [-0.4, -0.2) is 23.3 Å². The molecule has 106 valence electrons. The van der Waals surface area contributed by atoms with E-state index < -0.39 is 17.7 Å². The number of H-pyrrole nitrogens is 1. The molecule has 0 unspecified atom stereocenters. The molecule has 0 aliphatic rings. The monoisotopic (exact) mass is 348 g/mol. The normalized spacial score (nSPS) is 11.4. The quantitative estimate of drug-likeness (QED) is 0.843. The number of ether oxygens (including phenoxy) is 1. The fourth-order valence-corrected chi connectivity index (χ4v) is 2.16. The first kappa shape index (κ1) is 14.6. The number of halogens is 4. The molecule has 1 aromatic heterocycles. The predicted molar refractivity (Wildman–Crippen MR) is 68.1 cm³/mol.